The van der Waals surface area contributed by atoms with Gasteiger partial charge < -0.3 is 20.1 Å². The van der Waals surface area contributed by atoms with E-state index >= 15 is 0 Å². The summed E-state index contributed by atoms with van der Waals surface area (Å²) in [5.74, 6) is -0.217. The molecule has 0 aliphatic heterocycles. The van der Waals surface area contributed by atoms with E-state index in [0.29, 0.717) is 21.3 Å². The van der Waals surface area contributed by atoms with Crippen molar-refractivity contribution in [3.63, 3.8) is 0 Å². The highest BCUT2D eigenvalue weighted by Crippen LogP contribution is 2.28. The van der Waals surface area contributed by atoms with Crippen LogP contribution < -0.4 is 10.2 Å². The first-order valence-corrected chi connectivity index (χ1v) is 7.86. The zero-order valence-electron chi connectivity index (χ0n) is 13.2. The molecule has 3 aromatic rings. The first-order valence-electron chi connectivity index (χ1n) is 7.11. The lowest BCUT2D eigenvalue weighted by Gasteiger charge is -2.02. The molecule has 0 fully saturated rings. The van der Waals surface area contributed by atoms with Gasteiger partial charge in [-0.05, 0) is 46.1 Å². The van der Waals surface area contributed by atoms with Gasteiger partial charge in [0.1, 0.15) is 11.4 Å². The van der Waals surface area contributed by atoms with E-state index in [9.17, 15) is 15.3 Å². The first-order chi connectivity index (χ1) is 12.4. The summed E-state index contributed by atoms with van der Waals surface area (Å²) < 4.78 is 5.04. The Bertz CT molecular complexity index is 1060. The van der Waals surface area contributed by atoms with Crippen molar-refractivity contribution < 1.29 is 14.9 Å². The summed E-state index contributed by atoms with van der Waals surface area (Å²) in [5, 5.41) is 26.1. The van der Waals surface area contributed by atoms with Gasteiger partial charge in [0.15, 0.2) is 0 Å². The van der Waals surface area contributed by atoms with Crippen molar-refractivity contribution in [2.75, 3.05) is 7.11 Å². The quantitative estimate of drug-likeness (QED) is 0.413. The number of hydrogen-bond donors (Lipinski definition) is 1. The molecule has 0 aliphatic rings. The zero-order chi connectivity index (χ0) is 18.8. The van der Waals surface area contributed by atoms with Crippen molar-refractivity contribution in [1.29, 1.82) is 0 Å². The number of hydrogen-bond acceptors (Lipinski definition) is 6. The minimum Gasteiger partial charge on any atom is -0.495 e. The minimum absolute atomic E-state index is 0.267. The normalized spacial score (nSPS) is 11.6. The number of rotatable bonds is 4. The molecule has 0 bridgehead atoms. The highest BCUT2D eigenvalue weighted by molar-refractivity contribution is 6.32. The minimum atomic E-state index is -0.752. The van der Waals surface area contributed by atoms with E-state index in [2.05, 4.69) is 10.1 Å². The van der Waals surface area contributed by atoms with Crippen LogP contribution in [0.3, 0.4) is 0 Å². The van der Waals surface area contributed by atoms with Crippen LogP contribution in [0.1, 0.15) is 0 Å². The fourth-order valence-corrected chi connectivity index (χ4v) is 2.62. The van der Waals surface area contributed by atoms with Crippen molar-refractivity contribution in [1.82, 2.24) is 14.7 Å². The summed E-state index contributed by atoms with van der Waals surface area (Å²) in [6.45, 7) is 0. The van der Waals surface area contributed by atoms with Crippen LogP contribution in [0, 0.1) is 10.1 Å². The van der Waals surface area contributed by atoms with Gasteiger partial charge in [-0.1, -0.05) is 34.1 Å². The molecule has 0 spiro atoms. The van der Waals surface area contributed by atoms with Crippen LogP contribution in [0.5, 0.6) is 5.75 Å². The van der Waals surface area contributed by atoms with E-state index in [1.807, 2.05) is 0 Å². The maximum Gasteiger partial charge on any atom is 0.438 e. The molecule has 0 aliphatic carbocycles. The third kappa shape index (κ3) is 3.35. The Balaban J connectivity index is 2.20. The van der Waals surface area contributed by atoms with Gasteiger partial charge in [-0.15, -0.1) is 0 Å². The van der Waals surface area contributed by atoms with Crippen molar-refractivity contribution >= 4 is 34.7 Å². The SMILES string of the molecule is COc1ccc(N=c2c([N+](=O)[O-])nn(-c3cccc(Cl)c3)n2O)cc1Cl. The standard InChI is InChI=1S/C15H11Cl2N5O4/c1-26-13-6-5-10(8-12(13)17)18-14-15(22(24)25)19-20(21(14)23)11-4-2-3-9(16)7-11/h2-8,23H,1H3. The number of nitrogens with zero attached hydrogens (tertiary/aromatic N) is 5. The van der Waals surface area contributed by atoms with Gasteiger partial charge in [0.25, 0.3) is 5.49 Å². The van der Waals surface area contributed by atoms with E-state index in [1.54, 1.807) is 24.3 Å². The van der Waals surface area contributed by atoms with Gasteiger partial charge in [0.05, 0.1) is 22.9 Å². The van der Waals surface area contributed by atoms with Crippen LogP contribution >= 0.6 is 23.2 Å². The fraction of sp³-hybridized carbons (Fsp3) is 0.0667. The Labute approximate surface area is 156 Å². The summed E-state index contributed by atoms with van der Waals surface area (Å²) in [5.41, 5.74) is 0.209. The van der Waals surface area contributed by atoms with E-state index in [1.165, 1.54) is 25.3 Å². The number of methoxy groups -OCH3 is 1. The molecule has 11 heteroatoms. The van der Waals surface area contributed by atoms with Gasteiger partial charge in [0, 0.05) is 5.02 Å². The molecule has 3 rings (SSSR count). The summed E-state index contributed by atoms with van der Waals surface area (Å²) in [4.78, 5) is 16.0. The molecule has 26 heavy (non-hydrogen) atoms. The molecule has 134 valence electrons. The number of ether oxygens (including phenoxy) is 1. The first kappa shape index (κ1) is 17.8. The van der Waals surface area contributed by atoms with Crippen molar-refractivity contribution in [3.05, 3.63) is 68.1 Å². The molecule has 1 N–H and O–H groups in total. The highest BCUT2D eigenvalue weighted by Gasteiger charge is 2.24. The van der Waals surface area contributed by atoms with E-state index < -0.39 is 10.7 Å². The monoisotopic (exact) mass is 395 g/mol. The maximum absolute atomic E-state index is 11.3. The zero-order valence-corrected chi connectivity index (χ0v) is 14.7. The number of aromatic nitrogens is 3. The molecular weight excluding hydrogens is 385 g/mol. The summed E-state index contributed by atoms with van der Waals surface area (Å²) >= 11 is 11.9. The molecule has 9 nitrogen and oxygen atoms in total. The predicted octanol–water partition coefficient (Wildman–Crippen LogP) is 3.37. The van der Waals surface area contributed by atoms with Crippen molar-refractivity contribution in [2.24, 2.45) is 4.99 Å². The Kier molecular flexibility index (Phi) is 4.83. The van der Waals surface area contributed by atoms with Gasteiger partial charge in [-0.25, -0.2) is 4.99 Å². The van der Waals surface area contributed by atoms with E-state index in [0.717, 1.165) is 4.80 Å². The maximum atomic E-state index is 11.3. The van der Waals surface area contributed by atoms with Crippen LogP contribution in [-0.4, -0.2) is 32.0 Å². The molecule has 1 heterocycles. The van der Waals surface area contributed by atoms with Gasteiger partial charge in [-0.3, -0.25) is 0 Å². The Morgan fingerprint density at radius 2 is 2.04 bits per heavy atom. The Morgan fingerprint density at radius 1 is 1.27 bits per heavy atom. The third-order valence-corrected chi connectivity index (χ3v) is 3.87. The average Bonchev–Trinajstić information content (AvgIpc) is 2.92. The van der Waals surface area contributed by atoms with Crippen LogP contribution in [0.4, 0.5) is 11.5 Å². The average molecular weight is 396 g/mol. The van der Waals surface area contributed by atoms with Gasteiger partial charge >= 0.3 is 5.82 Å². The molecule has 0 saturated heterocycles. The Morgan fingerprint density at radius 3 is 2.65 bits per heavy atom. The lowest BCUT2D eigenvalue weighted by molar-refractivity contribution is -0.391. The topological polar surface area (TPSA) is 108 Å². The predicted molar refractivity (Wildman–Crippen MR) is 93.6 cm³/mol. The second-order valence-electron chi connectivity index (χ2n) is 4.99. The molecule has 0 saturated carbocycles. The number of nitro groups is 1. The van der Waals surface area contributed by atoms with Crippen molar-refractivity contribution in [3.8, 4) is 11.4 Å². The van der Waals surface area contributed by atoms with Crippen LogP contribution in [0.25, 0.3) is 5.69 Å². The van der Waals surface area contributed by atoms with Gasteiger partial charge in [-0.2, -0.15) is 0 Å². The molecule has 1 aromatic heterocycles. The second kappa shape index (κ2) is 7.06. The van der Waals surface area contributed by atoms with Crippen LogP contribution in [-0.2, 0) is 0 Å². The lowest BCUT2D eigenvalue weighted by Crippen LogP contribution is -2.22. The molecular formula is C15H11Cl2N5O4. The smallest absolute Gasteiger partial charge is 0.438 e. The Hall–Kier alpha value is -3.04. The number of halogens is 2. The summed E-state index contributed by atoms with van der Waals surface area (Å²) in [6.07, 6.45) is 0. The summed E-state index contributed by atoms with van der Waals surface area (Å²) in [6, 6.07) is 10.8. The lowest BCUT2D eigenvalue weighted by atomic mass is 10.3. The number of benzene rings is 2. The van der Waals surface area contributed by atoms with E-state index in [-0.39, 0.29) is 16.2 Å². The largest absolute Gasteiger partial charge is 0.495 e. The third-order valence-electron chi connectivity index (χ3n) is 3.34. The van der Waals surface area contributed by atoms with E-state index in [4.69, 9.17) is 27.9 Å². The summed E-state index contributed by atoms with van der Waals surface area (Å²) in [7, 11) is 1.46. The molecule has 0 unspecified atom stereocenters. The van der Waals surface area contributed by atoms with Gasteiger partial charge in [0.2, 0.25) is 0 Å². The van der Waals surface area contributed by atoms with Crippen molar-refractivity contribution in [2.45, 2.75) is 0 Å². The molecule has 0 atom stereocenters. The highest BCUT2D eigenvalue weighted by atomic mass is 35.5. The van der Waals surface area contributed by atoms with Crippen LogP contribution in [0.15, 0.2) is 47.5 Å². The molecule has 0 amide bonds. The molecule has 0 radical (unpaired) electrons. The fourth-order valence-electron chi connectivity index (χ4n) is 2.18. The van der Waals surface area contributed by atoms with Crippen LogP contribution in [0.2, 0.25) is 10.0 Å². The second-order valence-corrected chi connectivity index (χ2v) is 5.84. The molecule has 2 aromatic carbocycles.